The molecule has 162 valence electrons. The van der Waals surface area contributed by atoms with Gasteiger partial charge in [-0.15, -0.1) is 11.3 Å². The predicted molar refractivity (Wildman–Crippen MR) is 117 cm³/mol. The Labute approximate surface area is 184 Å². The van der Waals surface area contributed by atoms with Gasteiger partial charge >= 0.3 is 5.97 Å². The maximum atomic E-state index is 12.7. The molecule has 0 atom stereocenters. The number of ether oxygens (including phenoxy) is 2. The van der Waals surface area contributed by atoms with Gasteiger partial charge in [0.1, 0.15) is 6.61 Å². The van der Waals surface area contributed by atoms with Gasteiger partial charge in [0.05, 0.1) is 29.4 Å². The highest BCUT2D eigenvalue weighted by Crippen LogP contribution is 2.22. The second-order valence-corrected chi connectivity index (χ2v) is 9.55. The van der Waals surface area contributed by atoms with E-state index in [1.807, 2.05) is 35.7 Å². The molecule has 1 aliphatic rings. The minimum Gasteiger partial charge on any atom is -0.456 e. The number of esters is 1. The molecule has 2 heterocycles. The van der Waals surface area contributed by atoms with Crippen molar-refractivity contribution in [2.24, 2.45) is 0 Å². The van der Waals surface area contributed by atoms with E-state index in [0.717, 1.165) is 5.69 Å². The van der Waals surface area contributed by atoms with E-state index in [9.17, 15) is 13.2 Å². The minimum atomic E-state index is -3.60. The number of para-hydroxylation sites is 1. The number of morpholine rings is 1. The van der Waals surface area contributed by atoms with E-state index in [0.29, 0.717) is 37.1 Å². The van der Waals surface area contributed by atoms with Crippen LogP contribution in [0, 0.1) is 0 Å². The van der Waals surface area contributed by atoms with Crippen LogP contribution in [0.4, 0.5) is 10.8 Å². The quantitative estimate of drug-likeness (QED) is 0.542. The first-order valence-electron chi connectivity index (χ1n) is 9.64. The molecule has 1 aliphatic heterocycles. The first kappa shape index (κ1) is 21.4. The van der Waals surface area contributed by atoms with Crippen LogP contribution >= 0.6 is 11.3 Å². The standard InChI is InChI=1S/C21H21N3O5S2/c25-20(29-14-18-15-30-21(23-18)22-17-4-2-1-3-5-17)16-6-8-19(9-7-16)31(26,27)24-10-12-28-13-11-24/h1-9,15H,10-14H2,(H,22,23). The molecule has 0 radical (unpaired) electrons. The van der Waals surface area contributed by atoms with Crippen molar-refractivity contribution >= 4 is 38.1 Å². The van der Waals surface area contributed by atoms with Gasteiger partial charge in [-0.3, -0.25) is 0 Å². The van der Waals surface area contributed by atoms with E-state index in [2.05, 4.69) is 10.3 Å². The number of hydrogen-bond acceptors (Lipinski definition) is 8. The van der Waals surface area contributed by atoms with Gasteiger partial charge in [-0.05, 0) is 36.4 Å². The summed E-state index contributed by atoms with van der Waals surface area (Å²) < 4.78 is 37.2. The summed E-state index contributed by atoms with van der Waals surface area (Å²) in [6.07, 6.45) is 0. The fourth-order valence-corrected chi connectivity index (χ4v) is 5.12. The molecular formula is C21H21N3O5S2. The molecule has 10 heteroatoms. The van der Waals surface area contributed by atoms with Crippen LogP contribution in [-0.4, -0.2) is 50.0 Å². The zero-order valence-corrected chi connectivity index (χ0v) is 18.2. The van der Waals surface area contributed by atoms with Crippen molar-refractivity contribution in [2.45, 2.75) is 11.5 Å². The zero-order valence-electron chi connectivity index (χ0n) is 16.6. The van der Waals surface area contributed by atoms with E-state index in [1.165, 1.54) is 39.9 Å². The zero-order chi connectivity index (χ0) is 21.7. The summed E-state index contributed by atoms with van der Waals surface area (Å²) in [6, 6.07) is 15.4. The highest BCUT2D eigenvalue weighted by Gasteiger charge is 2.26. The first-order valence-corrected chi connectivity index (χ1v) is 12.0. The van der Waals surface area contributed by atoms with Crippen LogP contribution in [0.3, 0.4) is 0 Å². The smallest absolute Gasteiger partial charge is 0.338 e. The van der Waals surface area contributed by atoms with Crippen LogP contribution < -0.4 is 5.32 Å². The normalized spacial score (nSPS) is 14.8. The number of aromatic nitrogens is 1. The molecule has 0 spiro atoms. The summed E-state index contributed by atoms with van der Waals surface area (Å²) in [5.74, 6) is -0.541. The van der Waals surface area contributed by atoms with Crippen LogP contribution in [-0.2, 0) is 26.1 Å². The van der Waals surface area contributed by atoms with Crippen molar-refractivity contribution in [3.05, 3.63) is 71.2 Å². The van der Waals surface area contributed by atoms with Crippen molar-refractivity contribution in [3.63, 3.8) is 0 Å². The lowest BCUT2D eigenvalue weighted by atomic mass is 10.2. The second-order valence-electron chi connectivity index (χ2n) is 6.75. The van der Waals surface area contributed by atoms with Crippen LogP contribution in [0.2, 0.25) is 0 Å². The van der Waals surface area contributed by atoms with Crippen molar-refractivity contribution in [1.29, 1.82) is 0 Å². The molecule has 31 heavy (non-hydrogen) atoms. The number of benzene rings is 2. The molecule has 1 aromatic heterocycles. The van der Waals surface area contributed by atoms with Crippen molar-refractivity contribution in [3.8, 4) is 0 Å². The number of thiazole rings is 1. The van der Waals surface area contributed by atoms with Crippen LogP contribution in [0.25, 0.3) is 0 Å². The molecule has 0 amide bonds. The van der Waals surface area contributed by atoms with Crippen LogP contribution in [0.1, 0.15) is 16.1 Å². The molecular weight excluding hydrogens is 438 g/mol. The van der Waals surface area contributed by atoms with Gasteiger partial charge in [0.2, 0.25) is 10.0 Å². The molecule has 0 aliphatic carbocycles. The maximum Gasteiger partial charge on any atom is 0.338 e. The van der Waals surface area contributed by atoms with Gasteiger partial charge in [0, 0.05) is 24.2 Å². The molecule has 0 saturated carbocycles. The molecule has 8 nitrogen and oxygen atoms in total. The van der Waals surface area contributed by atoms with E-state index in [4.69, 9.17) is 9.47 Å². The van der Waals surface area contributed by atoms with Gasteiger partial charge < -0.3 is 14.8 Å². The Hall–Kier alpha value is -2.79. The molecule has 1 saturated heterocycles. The van der Waals surface area contributed by atoms with E-state index in [-0.39, 0.29) is 17.1 Å². The molecule has 4 rings (SSSR count). The summed E-state index contributed by atoms with van der Waals surface area (Å²) in [5.41, 5.74) is 1.83. The highest BCUT2D eigenvalue weighted by atomic mass is 32.2. The largest absolute Gasteiger partial charge is 0.456 e. The third-order valence-corrected chi connectivity index (χ3v) is 7.35. The number of sulfonamides is 1. The Morgan fingerprint density at radius 1 is 1.10 bits per heavy atom. The first-order chi connectivity index (χ1) is 15.0. The number of rotatable bonds is 7. The van der Waals surface area contributed by atoms with Gasteiger partial charge in [-0.25, -0.2) is 18.2 Å². The Morgan fingerprint density at radius 3 is 2.52 bits per heavy atom. The number of carbonyl (C=O) groups is 1. The summed E-state index contributed by atoms with van der Waals surface area (Å²) in [6.45, 7) is 1.42. The highest BCUT2D eigenvalue weighted by molar-refractivity contribution is 7.89. The lowest BCUT2D eigenvalue weighted by Crippen LogP contribution is -2.40. The maximum absolute atomic E-state index is 12.7. The molecule has 1 N–H and O–H groups in total. The number of nitrogens with one attached hydrogen (secondary N) is 1. The Kier molecular flexibility index (Phi) is 6.62. The van der Waals surface area contributed by atoms with E-state index >= 15 is 0 Å². The average Bonchev–Trinajstić information content (AvgIpc) is 3.26. The number of nitrogens with zero attached hydrogens (tertiary/aromatic N) is 2. The van der Waals surface area contributed by atoms with Gasteiger partial charge in [-0.2, -0.15) is 4.31 Å². The molecule has 0 unspecified atom stereocenters. The Balaban J connectivity index is 1.34. The third kappa shape index (κ3) is 5.28. The van der Waals surface area contributed by atoms with E-state index in [1.54, 1.807) is 0 Å². The van der Waals surface area contributed by atoms with Crippen molar-refractivity contribution in [2.75, 3.05) is 31.6 Å². The summed E-state index contributed by atoms with van der Waals surface area (Å²) in [5, 5.41) is 5.71. The minimum absolute atomic E-state index is 0.0274. The monoisotopic (exact) mass is 459 g/mol. The lowest BCUT2D eigenvalue weighted by Gasteiger charge is -2.26. The molecule has 0 bridgehead atoms. The fourth-order valence-electron chi connectivity index (χ4n) is 3.00. The third-order valence-electron chi connectivity index (χ3n) is 4.63. The number of hydrogen-bond donors (Lipinski definition) is 1. The topological polar surface area (TPSA) is 97.8 Å². The lowest BCUT2D eigenvalue weighted by molar-refractivity contribution is 0.0468. The summed E-state index contributed by atoms with van der Waals surface area (Å²) in [7, 11) is -3.60. The molecule has 1 fully saturated rings. The molecule has 3 aromatic rings. The SMILES string of the molecule is O=C(OCc1csc(Nc2ccccc2)n1)c1ccc(S(=O)(=O)N2CCOCC2)cc1. The van der Waals surface area contributed by atoms with Gasteiger partial charge in [-0.1, -0.05) is 18.2 Å². The summed E-state index contributed by atoms with van der Waals surface area (Å²) >= 11 is 1.42. The van der Waals surface area contributed by atoms with Crippen LogP contribution in [0.5, 0.6) is 0 Å². The van der Waals surface area contributed by atoms with Crippen molar-refractivity contribution < 1.29 is 22.7 Å². The number of anilines is 2. The average molecular weight is 460 g/mol. The van der Waals surface area contributed by atoms with E-state index < -0.39 is 16.0 Å². The predicted octanol–water partition coefficient (Wildman–Crippen LogP) is 3.26. The van der Waals surface area contributed by atoms with Gasteiger partial charge in [0.25, 0.3) is 0 Å². The molecule has 2 aromatic carbocycles. The summed E-state index contributed by atoms with van der Waals surface area (Å²) in [4.78, 5) is 16.9. The van der Waals surface area contributed by atoms with Gasteiger partial charge in [0.15, 0.2) is 5.13 Å². The van der Waals surface area contributed by atoms with Crippen molar-refractivity contribution in [1.82, 2.24) is 9.29 Å². The Morgan fingerprint density at radius 2 is 1.81 bits per heavy atom. The second kappa shape index (κ2) is 9.56. The van der Waals surface area contributed by atoms with Crippen LogP contribution in [0.15, 0.2) is 64.9 Å². The number of carbonyl (C=O) groups excluding carboxylic acids is 1. The fraction of sp³-hybridized carbons (Fsp3) is 0.238. The Bertz CT molecular complexity index is 1130.